The summed E-state index contributed by atoms with van der Waals surface area (Å²) in [5.41, 5.74) is 1.41. The molecule has 1 amide bonds. The molecule has 0 radical (unpaired) electrons. The fourth-order valence-corrected chi connectivity index (χ4v) is 2.39. The molecule has 5 heteroatoms. The van der Waals surface area contributed by atoms with Crippen LogP contribution in [0.2, 0.25) is 5.02 Å². The van der Waals surface area contributed by atoms with Gasteiger partial charge < -0.3 is 10.1 Å². The summed E-state index contributed by atoms with van der Waals surface area (Å²) in [5.74, 6) is -0.462. The number of ether oxygens (including phenoxy) is 1. The van der Waals surface area contributed by atoms with Crippen LogP contribution in [0.15, 0.2) is 30.4 Å². The largest absolute Gasteiger partial charge is 0.456 e. The molecule has 0 bridgehead atoms. The number of hydrogen-bond acceptors (Lipinski definition) is 3. The van der Waals surface area contributed by atoms with Gasteiger partial charge in [0.1, 0.15) is 0 Å². The first kappa shape index (κ1) is 15.6. The SMILES string of the molecule is Cc1c(Cl)cccc1NC(=O)COC(=O)C[C@H]1C=CCC1. The van der Waals surface area contributed by atoms with Gasteiger partial charge in [0.05, 0.1) is 6.42 Å². The Hall–Kier alpha value is -1.81. The first-order chi connectivity index (χ1) is 10.1. The van der Waals surface area contributed by atoms with E-state index in [1.165, 1.54) is 0 Å². The first-order valence-corrected chi connectivity index (χ1v) is 7.31. The molecule has 0 spiro atoms. The van der Waals surface area contributed by atoms with Crippen LogP contribution in [0.3, 0.4) is 0 Å². The van der Waals surface area contributed by atoms with Crippen LogP contribution >= 0.6 is 11.6 Å². The van der Waals surface area contributed by atoms with Gasteiger partial charge in [0, 0.05) is 10.7 Å². The van der Waals surface area contributed by atoms with Gasteiger partial charge in [0.15, 0.2) is 6.61 Å². The maximum Gasteiger partial charge on any atom is 0.306 e. The lowest BCUT2D eigenvalue weighted by Crippen LogP contribution is -2.22. The number of hydrogen-bond donors (Lipinski definition) is 1. The van der Waals surface area contributed by atoms with Crippen LogP contribution in [0.25, 0.3) is 0 Å². The average Bonchev–Trinajstić information content (AvgIpc) is 2.94. The van der Waals surface area contributed by atoms with Crippen molar-refractivity contribution in [3.05, 3.63) is 40.9 Å². The van der Waals surface area contributed by atoms with Crippen molar-refractivity contribution in [2.45, 2.75) is 26.2 Å². The summed E-state index contributed by atoms with van der Waals surface area (Å²) in [6.45, 7) is 1.54. The minimum absolute atomic E-state index is 0.246. The van der Waals surface area contributed by atoms with Crippen molar-refractivity contribution in [3.63, 3.8) is 0 Å². The number of nitrogens with one attached hydrogen (secondary N) is 1. The topological polar surface area (TPSA) is 55.4 Å². The maximum absolute atomic E-state index is 11.8. The monoisotopic (exact) mass is 307 g/mol. The van der Waals surface area contributed by atoms with Crippen LogP contribution in [-0.4, -0.2) is 18.5 Å². The van der Waals surface area contributed by atoms with Gasteiger partial charge in [-0.15, -0.1) is 0 Å². The molecule has 0 aliphatic heterocycles. The molecular weight excluding hydrogens is 290 g/mol. The van der Waals surface area contributed by atoms with Crippen molar-refractivity contribution >= 4 is 29.2 Å². The standard InChI is InChI=1S/C16H18ClNO3/c1-11-13(17)7-4-8-14(11)18-15(19)10-21-16(20)9-12-5-2-3-6-12/h2,4-5,7-8,12H,3,6,9-10H2,1H3,(H,18,19)/t12-/m0/s1. The molecule has 1 atom stereocenters. The lowest BCUT2D eigenvalue weighted by molar-refractivity contribution is -0.147. The summed E-state index contributed by atoms with van der Waals surface area (Å²) in [4.78, 5) is 23.4. The summed E-state index contributed by atoms with van der Waals surface area (Å²) in [5, 5.41) is 3.27. The van der Waals surface area contributed by atoms with E-state index in [0.29, 0.717) is 17.1 Å². The van der Waals surface area contributed by atoms with Crippen LogP contribution in [-0.2, 0) is 14.3 Å². The highest BCUT2D eigenvalue weighted by molar-refractivity contribution is 6.31. The van der Waals surface area contributed by atoms with Crippen molar-refractivity contribution in [2.75, 3.05) is 11.9 Å². The van der Waals surface area contributed by atoms with Crippen molar-refractivity contribution in [2.24, 2.45) is 5.92 Å². The summed E-state index contributed by atoms with van der Waals surface area (Å²) in [6, 6.07) is 5.26. The Bertz CT molecular complexity index is 569. The molecule has 21 heavy (non-hydrogen) atoms. The molecule has 1 aromatic rings. The van der Waals surface area contributed by atoms with Crippen LogP contribution in [0.1, 0.15) is 24.8 Å². The van der Waals surface area contributed by atoms with Gasteiger partial charge in [-0.2, -0.15) is 0 Å². The summed E-state index contributed by atoms with van der Waals surface area (Å²) >= 11 is 5.98. The number of allylic oxidation sites excluding steroid dienone is 2. The number of anilines is 1. The predicted octanol–water partition coefficient (Wildman–Crippen LogP) is 3.49. The molecule has 0 saturated heterocycles. The third kappa shape index (κ3) is 4.60. The third-order valence-corrected chi connectivity index (χ3v) is 3.86. The Morgan fingerprint density at radius 3 is 2.95 bits per heavy atom. The highest BCUT2D eigenvalue weighted by atomic mass is 35.5. The fourth-order valence-electron chi connectivity index (χ4n) is 2.21. The number of esters is 1. The Morgan fingerprint density at radius 2 is 2.24 bits per heavy atom. The molecule has 0 saturated carbocycles. The smallest absolute Gasteiger partial charge is 0.306 e. The van der Waals surface area contributed by atoms with E-state index in [1.54, 1.807) is 18.2 Å². The fraction of sp³-hybridized carbons (Fsp3) is 0.375. The van der Waals surface area contributed by atoms with Crippen molar-refractivity contribution < 1.29 is 14.3 Å². The second-order valence-corrected chi connectivity index (χ2v) is 5.50. The number of rotatable bonds is 5. The average molecular weight is 308 g/mol. The summed E-state index contributed by atoms with van der Waals surface area (Å²) < 4.78 is 4.99. The van der Waals surface area contributed by atoms with E-state index in [4.69, 9.17) is 16.3 Å². The highest BCUT2D eigenvalue weighted by Gasteiger charge is 2.16. The Balaban J connectivity index is 1.78. The van der Waals surface area contributed by atoms with Crippen LogP contribution in [0.4, 0.5) is 5.69 Å². The number of halogens is 1. The normalized spacial score (nSPS) is 16.8. The van der Waals surface area contributed by atoms with Crippen molar-refractivity contribution in [1.82, 2.24) is 0 Å². The van der Waals surface area contributed by atoms with Crippen molar-refractivity contribution in [3.8, 4) is 0 Å². The van der Waals surface area contributed by atoms with Crippen LogP contribution in [0, 0.1) is 12.8 Å². The Morgan fingerprint density at radius 1 is 1.43 bits per heavy atom. The molecule has 1 aliphatic carbocycles. The van der Waals surface area contributed by atoms with E-state index in [9.17, 15) is 9.59 Å². The molecule has 0 heterocycles. The van der Waals surface area contributed by atoms with Gasteiger partial charge in [-0.25, -0.2) is 0 Å². The van der Waals surface area contributed by atoms with Crippen LogP contribution < -0.4 is 5.32 Å². The van der Waals surface area contributed by atoms with Gasteiger partial charge in [-0.1, -0.05) is 29.8 Å². The van der Waals surface area contributed by atoms with E-state index < -0.39 is 0 Å². The zero-order valence-electron chi connectivity index (χ0n) is 11.9. The van der Waals surface area contributed by atoms with E-state index >= 15 is 0 Å². The number of amides is 1. The molecule has 1 aliphatic rings. The molecule has 1 aromatic carbocycles. The highest BCUT2D eigenvalue weighted by Crippen LogP contribution is 2.23. The van der Waals surface area contributed by atoms with E-state index in [-0.39, 0.29) is 24.4 Å². The maximum atomic E-state index is 11.8. The molecular formula is C16H18ClNO3. The van der Waals surface area contributed by atoms with E-state index in [2.05, 4.69) is 11.4 Å². The molecule has 0 aromatic heterocycles. The summed E-state index contributed by atoms with van der Waals surface area (Å²) in [6.07, 6.45) is 6.40. The van der Waals surface area contributed by atoms with Gasteiger partial charge >= 0.3 is 5.97 Å². The Kier molecular flexibility index (Phi) is 5.39. The van der Waals surface area contributed by atoms with Gasteiger partial charge in [0.2, 0.25) is 0 Å². The lowest BCUT2D eigenvalue weighted by atomic mass is 10.1. The zero-order chi connectivity index (χ0) is 15.2. The second-order valence-electron chi connectivity index (χ2n) is 5.09. The molecule has 0 unspecified atom stereocenters. The molecule has 4 nitrogen and oxygen atoms in total. The minimum Gasteiger partial charge on any atom is -0.456 e. The van der Waals surface area contributed by atoms with Gasteiger partial charge in [-0.3, -0.25) is 9.59 Å². The number of carbonyl (C=O) groups is 2. The Labute approximate surface area is 129 Å². The lowest BCUT2D eigenvalue weighted by Gasteiger charge is -2.11. The third-order valence-electron chi connectivity index (χ3n) is 3.45. The van der Waals surface area contributed by atoms with E-state index in [1.807, 2.05) is 13.0 Å². The number of carbonyl (C=O) groups excluding carboxylic acids is 2. The van der Waals surface area contributed by atoms with Crippen LogP contribution in [0.5, 0.6) is 0 Å². The zero-order valence-corrected chi connectivity index (χ0v) is 12.7. The quantitative estimate of drug-likeness (QED) is 0.669. The molecule has 2 rings (SSSR count). The first-order valence-electron chi connectivity index (χ1n) is 6.93. The predicted molar refractivity (Wildman–Crippen MR) is 82.3 cm³/mol. The van der Waals surface area contributed by atoms with Crippen molar-refractivity contribution in [1.29, 1.82) is 0 Å². The van der Waals surface area contributed by atoms with Gasteiger partial charge in [-0.05, 0) is 43.4 Å². The van der Waals surface area contributed by atoms with Gasteiger partial charge in [0.25, 0.3) is 5.91 Å². The summed E-state index contributed by atoms with van der Waals surface area (Å²) in [7, 11) is 0. The number of benzene rings is 1. The molecule has 112 valence electrons. The molecule has 1 N–H and O–H groups in total. The molecule has 0 fully saturated rings. The second kappa shape index (κ2) is 7.27. The minimum atomic E-state index is -0.365. The van der Waals surface area contributed by atoms with E-state index in [0.717, 1.165) is 18.4 Å².